The summed E-state index contributed by atoms with van der Waals surface area (Å²) < 4.78 is 1.68. The molecule has 4 rings (SSSR count). The largest absolute Gasteiger partial charge is 0.390 e. The van der Waals surface area contributed by atoms with E-state index in [9.17, 15) is 0 Å². The van der Waals surface area contributed by atoms with Gasteiger partial charge in [-0.3, -0.25) is 9.55 Å². The highest BCUT2D eigenvalue weighted by Gasteiger charge is 2.13. The predicted octanol–water partition coefficient (Wildman–Crippen LogP) is 1.96. The molecule has 0 saturated heterocycles. The van der Waals surface area contributed by atoms with Crippen molar-refractivity contribution < 1.29 is 5.11 Å². The van der Waals surface area contributed by atoms with Crippen LogP contribution in [0.25, 0.3) is 17.2 Å². The third-order valence-electron chi connectivity index (χ3n) is 4.17. The second-order valence-corrected chi connectivity index (χ2v) is 6.05. The normalized spacial score (nSPS) is 10.8. The van der Waals surface area contributed by atoms with E-state index in [-0.39, 0.29) is 12.6 Å². The Morgan fingerprint density at radius 1 is 1.04 bits per heavy atom. The molecular formula is C19H18N8O. The second-order valence-electron chi connectivity index (χ2n) is 6.05. The number of aromatic nitrogens is 6. The maximum atomic E-state index is 9.11. The van der Waals surface area contributed by atoms with E-state index in [2.05, 4.69) is 24.9 Å². The van der Waals surface area contributed by atoms with Crippen LogP contribution in [0.1, 0.15) is 5.69 Å². The summed E-state index contributed by atoms with van der Waals surface area (Å²) in [6, 6.07) is 13.3. The molecule has 3 aromatic heterocycles. The van der Waals surface area contributed by atoms with E-state index >= 15 is 0 Å². The molecule has 9 nitrogen and oxygen atoms in total. The molecule has 0 aliphatic rings. The van der Waals surface area contributed by atoms with Crippen molar-refractivity contribution in [3.63, 3.8) is 0 Å². The van der Waals surface area contributed by atoms with E-state index < -0.39 is 0 Å². The molecule has 140 valence electrons. The lowest BCUT2D eigenvalue weighted by Gasteiger charge is -2.17. The summed E-state index contributed by atoms with van der Waals surface area (Å²) in [6.45, 7) is -0.101. The molecule has 0 amide bonds. The lowest BCUT2D eigenvalue weighted by Crippen LogP contribution is -2.16. The number of nitrogens with zero attached hydrogens (tertiary/aromatic N) is 7. The highest BCUT2D eigenvalue weighted by atomic mass is 16.3. The Bertz CT molecular complexity index is 1080. The van der Waals surface area contributed by atoms with Gasteiger partial charge in [0.2, 0.25) is 17.8 Å². The number of hydrogen-bond donors (Lipinski definition) is 2. The van der Waals surface area contributed by atoms with E-state index in [0.29, 0.717) is 23.3 Å². The van der Waals surface area contributed by atoms with Crippen LogP contribution in [-0.4, -0.2) is 41.6 Å². The Morgan fingerprint density at radius 3 is 2.57 bits per heavy atom. The Morgan fingerprint density at radius 2 is 1.86 bits per heavy atom. The van der Waals surface area contributed by atoms with Gasteiger partial charge in [0, 0.05) is 30.7 Å². The van der Waals surface area contributed by atoms with Gasteiger partial charge in [-0.05, 0) is 24.3 Å². The first kappa shape index (κ1) is 17.6. The number of para-hydroxylation sites is 1. The number of nitrogens with two attached hydrogens (primary N) is 1. The first-order valence-electron chi connectivity index (χ1n) is 8.55. The van der Waals surface area contributed by atoms with Crippen molar-refractivity contribution in [1.82, 2.24) is 29.5 Å². The first-order valence-corrected chi connectivity index (χ1v) is 8.55. The molecule has 0 fully saturated rings. The first-order chi connectivity index (χ1) is 13.6. The maximum absolute atomic E-state index is 9.11. The number of hydrogen-bond acceptors (Lipinski definition) is 8. The predicted molar refractivity (Wildman–Crippen MR) is 105 cm³/mol. The lowest BCUT2D eigenvalue weighted by molar-refractivity contribution is 0.277. The van der Waals surface area contributed by atoms with Crippen molar-refractivity contribution in [3.05, 3.63) is 66.9 Å². The Kier molecular flexibility index (Phi) is 4.65. The summed E-state index contributed by atoms with van der Waals surface area (Å²) in [5, 5.41) is 9.11. The molecule has 3 N–H and O–H groups in total. The van der Waals surface area contributed by atoms with Crippen LogP contribution in [0.15, 0.2) is 61.2 Å². The monoisotopic (exact) mass is 374 g/mol. The maximum Gasteiger partial charge on any atom is 0.241 e. The number of imidazole rings is 1. The molecule has 0 aliphatic heterocycles. The van der Waals surface area contributed by atoms with Gasteiger partial charge < -0.3 is 15.7 Å². The number of aliphatic hydroxyl groups excluding tert-OH is 1. The molecule has 0 spiro atoms. The van der Waals surface area contributed by atoms with Crippen LogP contribution in [-0.2, 0) is 6.61 Å². The SMILES string of the molecule is CN(c1ccccc1)c1nc(N)nc(-n2cnc(-c3ccc(CO)nc3)c2)n1. The molecule has 0 atom stereocenters. The molecule has 4 aromatic rings. The van der Waals surface area contributed by atoms with Crippen LogP contribution < -0.4 is 10.6 Å². The summed E-state index contributed by atoms with van der Waals surface area (Å²) >= 11 is 0. The minimum Gasteiger partial charge on any atom is -0.390 e. The van der Waals surface area contributed by atoms with Crippen molar-refractivity contribution in [2.75, 3.05) is 17.7 Å². The van der Waals surface area contributed by atoms with Gasteiger partial charge >= 0.3 is 0 Å². The van der Waals surface area contributed by atoms with Gasteiger partial charge in [0.1, 0.15) is 6.33 Å². The average Bonchev–Trinajstić information content (AvgIpc) is 3.24. The molecule has 0 aliphatic carbocycles. The van der Waals surface area contributed by atoms with E-state index in [4.69, 9.17) is 10.8 Å². The van der Waals surface area contributed by atoms with E-state index in [0.717, 1.165) is 11.3 Å². The molecule has 0 radical (unpaired) electrons. The second kappa shape index (κ2) is 7.41. The minimum atomic E-state index is -0.101. The van der Waals surface area contributed by atoms with Crippen molar-refractivity contribution in [2.24, 2.45) is 0 Å². The third kappa shape index (κ3) is 3.51. The smallest absolute Gasteiger partial charge is 0.241 e. The highest BCUT2D eigenvalue weighted by molar-refractivity contribution is 5.59. The Labute approximate surface area is 161 Å². The minimum absolute atomic E-state index is 0.101. The van der Waals surface area contributed by atoms with Crippen LogP contribution in [0.4, 0.5) is 17.6 Å². The standard InChI is InChI=1S/C19H18N8O/c1-26(15-5-3-2-4-6-15)18-23-17(20)24-19(25-18)27-10-16(22-12-27)13-7-8-14(11-28)21-9-13/h2-10,12,28H,11H2,1H3,(H2,20,23,24,25). The van der Waals surface area contributed by atoms with Gasteiger partial charge in [-0.15, -0.1) is 0 Å². The summed E-state index contributed by atoms with van der Waals surface area (Å²) in [5.41, 5.74) is 8.96. The third-order valence-corrected chi connectivity index (χ3v) is 4.17. The molecule has 0 saturated carbocycles. The van der Waals surface area contributed by atoms with Gasteiger partial charge in [-0.1, -0.05) is 18.2 Å². The summed E-state index contributed by atoms with van der Waals surface area (Å²) in [5.74, 6) is 0.911. The van der Waals surface area contributed by atoms with E-state index in [1.807, 2.05) is 48.3 Å². The zero-order chi connectivity index (χ0) is 19.5. The molecule has 9 heteroatoms. The van der Waals surface area contributed by atoms with Crippen LogP contribution in [0, 0.1) is 0 Å². The number of rotatable bonds is 5. The summed E-state index contributed by atoms with van der Waals surface area (Å²) in [4.78, 5) is 23.4. The molecule has 1 aromatic carbocycles. The number of anilines is 3. The quantitative estimate of drug-likeness (QED) is 0.544. The van der Waals surface area contributed by atoms with Gasteiger partial charge in [-0.2, -0.15) is 15.0 Å². The van der Waals surface area contributed by atoms with E-state index in [1.54, 1.807) is 29.4 Å². The van der Waals surface area contributed by atoms with Crippen molar-refractivity contribution >= 4 is 17.6 Å². The highest BCUT2D eigenvalue weighted by Crippen LogP contribution is 2.22. The van der Waals surface area contributed by atoms with Gasteiger partial charge in [0.15, 0.2) is 0 Å². The van der Waals surface area contributed by atoms with Gasteiger partial charge in [0.05, 0.1) is 18.0 Å². The number of benzene rings is 1. The van der Waals surface area contributed by atoms with Crippen molar-refractivity contribution in [3.8, 4) is 17.2 Å². The topological polar surface area (TPSA) is 119 Å². The summed E-state index contributed by atoms with van der Waals surface area (Å²) in [6.07, 6.45) is 5.06. The summed E-state index contributed by atoms with van der Waals surface area (Å²) in [7, 11) is 1.86. The molecule has 3 heterocycles. The number of nitrogen functional groups attached to an aromatic ring is 1. The van der Waals surface area contributed by atoms with E-state index in [1.165, 1.54) is 0 Å². The number of pyridine rings is 1. The van der Waals surface area contributed by atoms with Crippen LogP contribution >= 0.6 is 0 Å². The van der Waals surface area contributed by atoms with Crippen molar-refractivity contribution in [1.29, 1.82) is 0 Å². The average molecular weight is 374 g/mol. The van der Waals surface area contributed by atoms with Gasteiger partial charge in [-0.25, -0.2) is 4.98 Å². The lowest BCUT2D eigenvalue weighted by atomic mass is 10.2. The fourth-order valence-electron chi connectivity index (χ4n) is 2.65. The molecular weight excluding hydrogens is 356 g/mol. The Balaban J connectivity index is 1.66. The van der Waals surface area contributed by atoms with Gasteiger partial charge in [0.25, 0.3) is 0 Å². The number of aliphatic hydroxyl groups is 1. The fraction of sp³-hybridized carbons (Fsp3) is 0.105. The Hall–Kier alpha value is -3.85. The van der Waals surface area contributed by atoms with Crippen LogP contribution in [0.5, 0.6) is 0 Å². The van der Waals surface area contributed by atoms with Crippen molar-refractivity contribution in [2.45, 2.75) is 6.61 Å². The molecule has 0 unspecified atom stereocenters. The zero-order valence-electron chi connectivity index (χ0n) is 15.1. The fourth-order valence-corrected chi connectivity index (χ4v) is 2.65. The van der Waals surface area contributed by atoms with Crippen LogP contribution in [0.2, 0.25) is 0 Å². The van der Waals surface area contributed by atoms with Crippen LogP contribution in [0.3, 0.4) is 0 Å². The zero-order valence-corrected chi connectivity index (χ0v) is 15.1. The molecule has 28 heavy (non-hydrogen) atoms. The molecule has 0 bridgehead atoms.